The zero-order chi connectivity index (χ0) is 11.5. The molecule has 88 valence electrons. The molecule has 4 nitrogen and oxygen atoms in total. The van der Waals surface area contributed by atoms with Gasteiger partial charge in [-0.3, -0.25) is 9.69 Å². The minimum atomic E-state index is 0.404. The number of anilines is 1. The van der Waals surface area contributed by atoms with Gasteiger partial charge in [0.2, 0.25) is 0 Å². The van der Waals surface area contributed by atoms with Crippen molar-refractivity contribution < 1.29 is 9.21 Å². The van der Waals surface area contributed by atoms with E-state index in [0.29, 0.717) is 11.8 Å². The molecule has 0 amide bonds. The van der Waals surface area contributed by atoms with Gasteiger partial charge in [0.1, 0.15) is 0 Å². The molecule has 1 saturated heterocycles. The summed E-state index contributed by atoms with van der Waals surface area (Å²) in [4.78, 5) is 15.2. The van der Waals surface area contributed by atoms with Gasteiger partial charge in [-0.15, -0.1) is 0 Å². The molecule has 0 radical (unpaired) electrons. The molecule has 0 aliphatic carbocycles. The Hall–Kier alpha value is -1.29. The number of piperazine rings is 1. The predicted octanol–water partition coefficient (Wildman–Crippen LogP) is 1.62. The SMILES string of the molecule is CC(C)N1CCN(c2ccc(C=O)o2)CC1. The molecular formula is C12H18N2O2. The second kappa shape index (κ2) is 4.70. The monoisotopic (exact) mass is 222 g/mol. The Labute approximate surface area is 95.8 Å². The molecule has 0 bridgehead atoms. The molecule has 1 fully saturated rings. The van der Waals surface area contributed by atoms with E-state index in [1.807, 2.05) is 6.07 Å². The third kappa shape index (κ3) is 2.27. The molecule has 1 aliphatic heterocycles. The first-order chi connectivity index (χ1) is 7.70. The van der Waals surface area contributed by atoms with Crippen LogP contribution in [0.5, 0.6) is 0 Å². The van der Waals surface area contributed by atoms with Crippen molar-refractivity contribution in [2.75, 3.05) is 31.1 Å². The molecule has 2 rings (SSSR count). The zero-order valence-electron chi connectivity index (χ0n) is 9.85. The van der Waals surface area contributed by atoms with Gasteiger partial charge in [-0.2, -0.15) is 0 Å². The minimum Gasteiger partial charge on any atom is -0.438 e. The van der Waals surface area contributed by atoms with Crippen LogP contribution in [0.25, 0.3) is 0 Å². The molecule has 0 unspecified atom stereocenters. The summed E-state index contributed by atoms with van der Waals surface area (Å²) in [5.74, 6) is 1.21. The van der Waals surface area contributed by atoms with Gasteiger partial charge in [-0.1, -0.05) is 0 Å². The van der Waals surface area contributed by atoms with Crippen molar-refractivity contribution in [3.05, 3.63) is 17.9 Å². The smallest absolute Gasteiger partial charge is 0.196 e. The predicted molar refractivity (Wildman–Crippen MR) is 63.0 cm³/mol. The van der Waals surface area contributed by atoms with Crippen LogP contribution in [0.1, 0.15) is 24.4 Å². The van der Waals surface area contributed by atoms with E-state index in [0.717, 1.165) is 38.3 Å². The van der Waals surface area contributed by atoms with Gasteiger partial charge >= 0.3 is 0 Å². The largest absolute Gasteiger partial charge is 0.438 e. The van der Waals surface area contributed by atoms with Crippen LogP contribution in [-0.2, 0) is 0 Å². The summed E-state index contributed by atoms with van der Waals surface area (Å²) in [6, 6.07) is 4.19. The number of nitrogens with zero attached hydrogens (tertiary/aromatic N) is 2. The van der Waals surface area contributed by atoms with Crippen molar-refractivity contribution in [2.24, 2.45) is 0 Å². The van der Waals surface area contributed by atoms with Crippen molar-refractivity contribution >= 4 is 12.2 Å². The summed E-state index contributed by atoms with van der Waals surface area (Å²) >= 11 is 0. The third-order valence-electron chi connectivity index (χ3n) is 3.08. The number of hydrogen-bond acceptors (Lipinski definition) is 4. The van der Waals surface area contributed by atoms with E-state index in [4.69, 9.17) is 4.42 Å². The Kier molecular flexibility index (Phi) is 3.29. The highest BCUT2D eigenvalue weighted by Crippen LogP contribution is 2.19. The molecule has 0 N–H and O–H groups in total. The van der Waals surface area contributed by atoms with Crippen LogP contribution >= 0.6 is 0 Å². The minimum absolute atomic E-state index is 0.404. The van der Waals surface area contributed by atoms with Gasteiger partial charge in [0.05, 0.1) is 0 Å². The molecule has 16 heavy (non-hydrogen) atoms. The van der Waals surface area contributed by atoms with Gasteiger partial charge in [0.25, 0.3) is 0 Å². The van der Waals surface area contributed by atoms with Crippen LogP contribution in [0.4, 0.5) is 5.88 Å². The van der Waals surface area contributed by atoms with Gasteiger partial charge in [0, 0.05) is 38.3 Å². The molecule has 2 heterocycles. The summed E-state index contributed by atoms with van der Waals surface area (Å²) < 4.78 is 5.41. The zero-order valence-corrected chi connectivity index (χ0v) is 9.85. The highest BCUT2D eigenvalue weighted by atomic mass is 16.4. The van der Waals surface area contributed by atoms with E-state index in [1.165, 1.54) is 0 Å². The van der Waals surface area contributed by atoms with Gasteiger partial charge in [-0.25, -0.2) is 0 Å². The van der Waals surface area contributed by atoms with Crippen LogP contribution in [-0.4, -0.2) is 43.4 Å². The fraction of sp³-hybridized carbons (Fsp3) is 0.583. The maximum absolute atomic E-state index is 10.5. The van der Waals surface area contributed by atoms with E-state index in [2.05, 4.69) is 23.6 Å². The molecule has 0 atom stereocenters. The first kappa shape index (κ1) is 11.2. The highest BCUT2D eigenvalue weighted by Gasteiger charge is 2.20. The van der Waals surface area contributed by atoms with Crippen LogP contribution in [0.2, 0.25) is 0 Å². The van der Waals surface area contributed by atoms with Crippen LogP contribution in [0.3, 0.4) is 0 Å². The van der Waals surface area contributed by atoms with Gasteiger partial charge in [0.15, 0.2) is 17.9 Å². The summed E-state index contributed by atoms with van der Waals surface area (Å²) in [5.41, 5.74) is 0. The van der Waals surface area contributed by atoms with E-state index in [-0.39, 0.29) is 0 Å². The topological polar surface area (TPSA) is 36.7 Å². The summed E-state index contributed by atoms with van der Waals surface area (Å²) in [6.07, 6.45) is 0.744. The van der Waals surface area contributed by atoms with Crippen molar-refractivity contribution in [1.29, 1.82) is 0 Å². The van der Waals surface area contributed by atoms with Crippen LogP contribution in [0, 0.1) is 0 Å². The van der Waals surface area contributed by atoms with Gasteiger partial charge < -0.3 is 9.32 Å². The molecule has 4 heteroatoms. The maximum Gasteiger partial charge on any atom is 0.196 e. The first-order valence-electron chi connectivity index (χ1n) is 5.74. The van der Waals surface area contributed by atoms with Crippen LogP contribution in [0.15, 0.2) is 16.5 Å². The lowest BCUT2D eigenvalue weighted by atomic mass is 10.2. The maximum atomic E-state index is 10.5. The highest BCUT2D eigenvalue weighted by molar-refractivity contribution is 5.71. The number of carbonyl (C=O) groups excluding carboxylic acids is 1. The Morgan fingerprint density at radius 3 is 2.44 bits per heavy atom. The second-order valence-corrected chi connectivity index (χ2v) is 4.41. The van der Waals surface area contributed by atoms with Gasteiger partial charge in [-0.05, 0) is 19.9 Å². The Bertz CT molecular complexity index is 352. The molecule has 1 aromatic rings. The molecule has 0 spiro atoms. The summed E-state index contributed by atoms with van der Waals surface area (Å²) in [6.45, 7) is 8.46. The van der Waals surface area contributed by atoms with E-state index in [1.54, 1.807) is 6.07 Å². The quantitative estimate of drug-likeness (QED) is 0.728. The fourth-order valence-corrected chi connectivity index (χ4v) is 2.03. The van der Waals surface area contributed by atoms with Crippen molar-refractivity contribution in [3.8, 4) is 0 Å². The fourth-order valence-electron chi connectivity index (χ4n) is 2.03. The van der Waals surface area contributed by atoms with Crippen molar-refractivity contribution in [3.63, 3.8) is 0 Å². The Morgan fingerprint density at radius 1 is 1.25 bits per heavy atom. The number of aldehydes is 1. The average molecular weight is 222 g/mol. The molecule has 1 aliphatic rings. The Balaban J connectivity index is 1.96. The number of carbonyl (C=O) groups is 1. The van der Waals surface area contributed by atoms with E-state index >= 15 is 0 Å². The Morgan fingerprint density at radius 2 is 1.94 bits per heavy atom. The lowest BCUT2D eigenvalue weighted by Gasteiger charge is -2.36. The number of hydrogen-bond donors (Lipinski definition) is 0. The standard InChI is InChI=1S/C12H18N2O2/c1-10(2)13-5-7-14(8-6-13)12-4-3-11(9-15)16-12/h3-4,9-10H,5-8H2,1-2H3. The third-order valence-corrected chi connectivity index (χ3v) is 3.08. The molecule has 0 aromatic carbocycles. The van der Waals surface area contributed by atoms with Crippen molar-refractivity contribution in [2.45, 2.75) is 19.9 Å². The molecule has 0 saturated carbocycles. The molecular weight excluding hydrogens is 204 g/mol. The first-order valence-corrected chi connectivity index (χ1v) is 5.74. The molecule has 1 aromatic heterocycles. The second-order valence-electron chi connectivity index (χ2n) is 4.41. The van der Waals surface area contributed by atoms with Crippen molar-refractivity contribution in [1.82, 2.24) is 4.90 Å². The summed E-state index contributed by atoms with van der Waals surface area (Å²) in [7, 11) is 0. The van der Waals surface area contributed by atoms with E-state index in [9.17, 15) is 4.79 Å². The van der Waals surface area contributed by atoms with E-state index < -0.39 is 0 Å². The van der Waals surface area contributed by atoms with Crippen LogP contribution < -0.4 is 4.90 Å². The summed E-state index contributed by atoms with van der Waals surface area (Å²) in [5, 5.41) is 0. The lowest BCUT2D eigenvalue weighted by molar-refractivity contribution is 0.110. The number of furan rings is 1. The normalized spacial score (nSPS) is 18.1. The number of rotatable bonds is 3. The lowest BCUT2D eigenvalue weighted by Crippen LogP contribution is -2.48. The average Bonchev–Trinajstić information content (AvgIpc) is 2.77.